The van der Waals surface area contributed by atoms with E-state index in [1.54, 1.807) is 12.1 Å². The maximum absolute atomic E-state index is 11.7. The monoisotopic (exact) mass is 497 g/mol. The summed E-state index contributed by atoms with van der Waals surface area (Å²) < 4.78 is 31.2. The molecule has 1 saturated heterocycles. The van der Waals surface area contributed by atoms with Crippen LogP contribution in [0.1, 0.15) is 70.2 Å². The summed E-state index contributed by atoms with van der Waals surface area (Å²) in [6.07, 6.45) is 3.17. The van der Waals surface area contributed by atoms with Crippen LogP contribution in [-0.2, 0) is 22.0 Å². The van der Waals surface area contributed by atoms with Crippen molar-refractivity contribution in [2.24, 2.45) is 5.14 Å². The Morgan fingerprint density at radius 1 is 1.09 bits per heavy atom. The standard InChI is InChI=1S/C26H35N5O3S/c1-5-16-30-17-6-7-23(30)25-28-24(18-34-21-12-8-19(9-13-21)26(2,3)4)29-31(25)20-10-14-22(15-11-20)35(27,32)33/h8-15,23H,5-7,16-18H2,1-4H3,(H2,27,32,33). The molecule has 4 rings (SSSR count). The summed E-state index contributed by atoms with van der Waals surface area (Å²) in [7, 11) is -3.76. The zero-order valence-corrected chi connectivity index (χ0v) is 21.8. The van der Waals surface area contributed by atoms with Crippen molar-refractivity contribution in [3.8, 4) is 11.4 Å². The number of sulfonamides is 1. The minimum atomic E-state index is -3.76. The van der Waals surface area contributed by atoms with Gasteiger partial charge in [-0.1, -0.05) is 39.8 Å². The molecule has 2 heterocycles. The van der Waals surface area contributed by atoms with E-state index in [0.29, 0.717) is 5.82 Å². The van der Waals surface area contributed by atoms with E-state index >= 15 is 0 Å². The topological polar surface area (TPSA) is 103 Å². The maximum Gasteiger partial charge on any atom is 0.238 e. The maximum atomic E-state index is 11.7. The lowest BCUT2D eigenvalue weighted by atomic mass is 9.87. The Morgan fingerprint density at radius 2 is 1.77 bits per heavy atom. The molecule has 0 bridgehead atoms. The third kappa shape index (κ3) is 5.91. The average Bonchev–Trinajstić information content (AvgIpc) is 3.44. The smallest absolute Gasteiger partial charge is 0.238 e. The highest BCUT2D eigenvalue weighted by Crippen LogP contribution is 2.32. The van der Waals surface area contributed by atoms with Crippen LogP contribution in [0.4, 0.5) is 0 Å². The van der Waals surface area contributed by atoms with Crippen LogP contribution in [0, 0.1) is 0 Å². The minimum Gasteiger partial charge on any atom is -0.486 e. The van der Waals surface area contributed by atoms with Crippen molar-refractivity contribution in [2.75, 3.05) is 13.1 Å². The Hall–Kier alpha value is -2.75. The summed E-state index contributed by atoms with van der Waals surface area (Å²) in [6, 6.07) is 14.7. The van der Waals surface area contributed by atoms with E-state index in [9.17, 15) is 8.42 Å². The molecule has 0 aliphatic carbocycles. The van der Waals surface area contributed by atoms with Crippen LogP contribution in [0.3, 0.4) is 0 Å². The number of likely N-dealkylation sites (tertiary alicyclic amines) is 1. The first-order valence-electron chi connectivity index (χ1n) is 12.1. The number of nitrogens with zero attached hydrogens (tertiary/aromatic N) is 4. The molecule has 9 heteroatoms. The zero-order chi connectivity index (χ0) is 25.2. The van der Waals surface area contributed by atoms with E-state index in [-0.39, 0.29) is 23.0 Å². The highest BCUT2D eigenvalue weighted by molar-refractivity contribution is 7.89. The fourth-order valence-corrected chi connectivity index (χ4v) is 5.00. The third-order valence-corrected chi connectivity index (χ3v) is 7.28. The van der Waals surface area contributed by atoms with Crippen molar-refractivity contribution in [1.82, 2.24) is 19.7 Å². The summed E-state index contributed by atoms with van der Waals surface area (Å²) in [5.74, 6) is 2.20. The van der Waals surface area contributed by atoms with Gasteiger partial charge in [-0.15, -0.1) is 5.10 Å². The lowest BCUT2D eigenvalue weighted by Gasteiger charge is -2.23. The molecule has 3 aromatic rings. The van der Waals surface area contributed by atoms with Crippen molar-refractivity contribution in [1.29, 1.82) is 0 Å². The van der Waals surface area contributed by atoms with E-state index in [4.69, 9.17) is 20.0 Å². The molecule has 1 fully saturated rings. The van der Waals surface area contributed by atoms with Gasteiger partial charge in [0.2, 0.25) is 10.0 Å². The van der Waals surface area contributed by atoms with E-state index in [2.05, 4.69) is 44.7 Å². The van der Waals surface area contributed by atoms with Crippen LogP contribution in [0.25, 0.3) is 5.69 Å². The molecule has 2 aromatic carbocycles. The predicted molar refractivity (Wildman–Crippen MR) is 136 cm³/mol. The molecule has 1 unspecified atom stereocenters. The number of benzene rings is 2. The number of nitrogens with two attached hydrogens (primary N) is 1. The second-order valence-corrected chi connectivity index (χ2v) is 11.7. The Morgan fingerprint density at radius 3 is 2.37 bits per heavy atom. The zero-order valence-electron chi connectivity index (χ0n) is 20.9. The van der Waals surface area contributed by atoms with Gasteiger partial charge in [-0.3, -0.25) is 4.90 Å². The van der Waals surface area contributed by atoms with E-state index in [0.717, 1.165) is 49.6 Å². The molecule has 0 spiro atoms. The lowest BCUT2D eigenvalue weighted by Crippen LogP contribution is -2.26. The summed E-state index contributed by atoms with van der Waals surface area (Å²) >= 11 is 0. The van der Waals surface area contributed by atoms with Crippen LogP contribution in [0.15, 0.2) is 53.4 Å². The molecule has 1 atom stereocenters. The number of hydrogen-bond acceptors (Lipinski definition) is 6. The summed E-state index contributed by atoms with van der Waals surface area (Å²) in [5.41, 5.74) is 2.07. The largest absolute Gasteiger partial charge is 0.486 e. The van der Waals surface area contributed by atoms with Gasteiger partial charge in [-0.25, -0.2) is 23.2 Å². The molecule has 0 saturated carbocycles. The van der Waals surface area contributed by atoms with Crippen molar-refractivity contribution < 1.29 is 13.2 Å². The van der Waals surface area contributed by atoms with E-state index < -0.39 is 10.0 Å². The third-order valence-electron chi connectivity index (χ3n) is 6.35. The van der Waals surface area contributed by atoms with Gasteiger partial charge in [-0.2, -0.15) is 0 Å². The first-order chi connectivity index (χ1) is 16.6. The van der Waals surface area contributed by atoms with Gasteiger partial charge in [0, 0.05) is 0 Å². The number of primary sulfonamides is 1. The second kappa shape index (κ2) is 10.1. The Balaban J connectivity index is 1.62. The highest BCUT2D eigenvalue weighted by Gasteiger charge is 2.30. The quantitative estimate of drug-likeness (QED) is 0.497. The van der Waals surface area contributed by atoms with Crippen LogP contribution < -0.4 is 9.88 Å². The molecule has 1 aliphatic rings. The van der Waals surface area contributed by atoms with Crippen LogP contribution in [-0.4, -0.2) is 41.2 Å². The van der Waals surface area contributed by atoms with Crippen molar-refractivity contribution >= 4 is 10.0 Å². The molecule has 1 aliphatic heterocycles. The normalized spacial score (nSPS) is 17.1. The van der Waals surface area contributed by atoms with E-state index in [1.807, 2.05) is 16.8 Å². The molecule has 0 amide bonds. The molecule has 2 N–H and O–H groups in total. The molecule has 0 radical (unpaired) electrons. The molecule has 188 valence electrons. The fourth-order valence-electron chi connectivity index (χ4n) is 4.48. The second-order valence-electron chi connectivity index (χ2n) is 10.1. The molecular formula is C26H35N5O3S. The van der Waals surface area contributed by atoms with Gasteiger partial charge in [-0.05, 0) is 79.7 Å². The number of aromatic nitrogens is 3. The van der Waals surface area contributed by atoms with Crippen molar-refractivity contribution in [3.05, 3.63) is 65.7 Å². The Bertz CT molecular complexity index is 1250. The van der Waals surface area contributed by atoms with Gasteiger partial charge >= 0.3 is 0 Å². The van der Waals surface area contributed by atoms with Crippen molar-refractivity contribution in [3.63, 3.8) is 0 Å². The van der Waals surface area contributed by atoms with Crippen LogP contribution >= 0.6 is 0 Å². The van der Waals surface area contributed by atoms with Crippen LogP contribution in [0.2, 0.25) is 0 Å². The Kier molecular flexibility index (Phi) is 7.30. The SMILES string of the molecule is CCCN1CCCC1c1nc(COc2ccc(C(C)(C)C)cc2)nn1-c1ccc(S(N)(=O)=O)cc1. The molecule has 1 aromatic heterocycles. The summed E-state index contributed by atoms with van der Waals surface area (Å²) in [5, 5.41) is 10.0. The van der Waals surface area contributed by atoms with Gasteiger partial charge in [0.25, 0.3) is 0 Å². The molecule has 8 nitrogen and oxygen atoms in total. The lowest BCUT2D eigenvalue weighted by molar-refractivity contribution is 0.246. The van der Waals surface area contributed by atoms with Gasteiger partial charge < -0.3 is 4.74 Å². The summed E-state index contributed by atoms with van der Waals surface area (Å²) in [6.45, 7) is 11.0. The minimum absolute atomic E-state index is 0.0682. The first-order valence-corrected chi connectivity index (χ1v) is 13.7. The van der Waals surface area contributed by atoms with Crippen molar-refractivity contribution in [2.45, 2.75) is 69.9 Å². The van der Waals surface area contributed by atoms with Gasteiger partial charge in [0.1, 0.15) is 18.2 Å². The van der Waals surface area contributed by atoms with Gasteiger partial charge in [0.15, 0.2) is 5.82 Å². The Labute approximate surface area is 208 Å². The average molecular weight is 498 g/mol. The fraction of sp³-hybridized carbons (Fsp3) is 0.462. The van der Waals surface area contributed by atoms with Crippen LogP contribution in [0.5, 0.6) is 5.75 Å². The molecular weight excluding hydrogens is 462 g/mol. The van der Waals surface area contributed by atoms with E-state index in [1.165, 1.54) is 17.7 Å². The first kappa shape index (κ1) is 25.3. The number of hydrogen-bond donors (Lipinski definition) is 1. The highest BCUT2D eigenvalue weighted by atomic mass is 32.2. The number of rotatable bonds is 8. The molecule has 35 heavy (non-hydrogen) atoms. The summed E-state index contributed by atoms with van der Waals surface area (Å²) in [4.78, 5) is 7.39. The van der Waals surface area contributed by atoms with Gasteiger partial charge in [0.05, 0.1) is 16.6 Å². The predicted octanol–water partition coefficient (Wildman–Crippen LogP) is 4.34. The number of ether oxygens (including phenoxy) is 1.